The lowest BCUT2D eigenvalue weighted by atomic mass is 9.57. The number of carbonyl (C=O) groups is 4. The number of nitrogens with zero attached hydrogens (tertiary/aromatic N) is 2. The zero-order valence-corrected chi connectivity index (χ0v) is 29.2. The van der Waals surface area contributed by atoms with E-state index in [4.69, 9.17) is 0 Å². The number of allylic oxidation sites excluding steroid dienone is 3. The van der Waals surface area contributed by atoms with Crippen molar-refractivity contribution < 1.29 is 77.0 Å². The van der Waals surface area contributed by atoms with Crippen LogP contribution in [0.15, 0.2) is 78.9 Å². The molecular formula is C39H26F12N2O5. The molecule has 2 aliphatic carbocycles. The zero-order chi connectivity index (χ0) is 42.6. The number of amides is 4. The number of phenolic OH excluding ortho intramolecular Hbond substituents is 1. The van der Waals surface area contributed by atoms with E-state index in [1.165, 1.54) is 30.4 Å². The summed E-state index contributed by atoms with van der Waals surface area (Å²) in [7, 11) is 0. The van der Waals surface area contributed by atoms with Gasteiger partial charge < -0.3 is 5.11 Å². The van der Waals surface area contributed by atoms with E-state index >= 15 is 0 Å². The molecule has 19 heteroatoms. The van der Waals surface area contributed by atoms with Gasteiger partial charge in [0.15, 0.2) is 0 Å². The maximum absolute atomic E-state index is 14.4. The van der Waals surface area contributed by atoms with E-state index in [-0.39, 0.29) is 75.7 Å². The SMILES string of the molecule is C=CCc1cccc(C2C3=CCC4C(=O)N(c5cc(C(F)(F)F)cc(C(F)(F)F)c5)C(=O)C4C3CC3C(=O)N(c4cc(C(F)(F)F)cc(C(F)(F)F)c4)C(=O)C32)c1O. The van der Waals surface area contributed by atoms with E-state index in [2.05, 4.69) is 6.58 Å². The Hall–Kier alpha value is -5.62. The number of carbonyl (C=O) groups excluding carboxylic acids is 4. The fraction of sp³-hybridized carbons (Fsp3) is 0.333. The molecule has 306 valence electrons. The van der Waals surface area contributed by atoms with Gasteiger partial charge in [-0.15, -0.1) is 6.58 Å². The molecule has 6 unspecified atom stereocenters. The van der Waals surface area contributed by atoms with Crippen molar-refractivity contribution >= 4 is 35.0 Å². The second-order valence-corrected chi connectivity index (χ2v) is 14.4. The lowest BCUT2D eigenvalue weighted by molar-refractivity contribution is -0.144. The minimum Gasteiger partial charge on any atom is -0.507 e. The van der Waals surface area contributed by atoms with Crippen LogP contribution in [-0.4, -0.2) is 28.7 Å². The maximum Gasteiger partial charge on any atom is 0.416 e. The monoisotopic (exact) mass is 830 g/mol. The third-order valence-corrected chi connectivity index (χ3v) is 11.2. The number of alkyl halides is 12. The van der Waals surface area contributed by atoms with Gasteiger partial charge in [-0.05, 0) is 67.1 Å². The van der Waals surface area contributed by atoms with Crippen LogP contribution in [0.5, 0.6) is 5.75 Å². The number of halogens is 12. The Morgan fingerprint density at radius 1 is 0.621 bits per heavy atom. The van der Waals surface area contributed by atoms with Crippen molar-refractivity contribution in [3.05, 3.63) is 112 Å². The van der Waals surface area contributed by atoms with E-state index in [1.54, 1.807) is 0 Å². The highest BCUT2D eigenvalue weighted by atomic mass is 19.4. The quantitative estimate of drug-likeness (QED) is 0.157. The van der Waals surface area contributed by atoms with Crippen LogP contribution >= 0.6 is 0 Å². The van der Waals surface area contributed by atoms with Crippen molar-refractivity contribution in [2.45, 2.75) is 49.9 Å². The van der Waals surface area contributed by atoms with Crippen LogP contribution in [-0.2, 0) is 50.3 Å². The van der Waals surface area contributed by atoms with Crippen LogP contribution < -0.4 is 9.80 Å². The number of para-hydroxylation sites is 1. The van der Waals surface area contributed by atoms with Gasteiger partial charge in [0.1, 0.15) is 5.75 Å². The second-order valence-electron chi connectivity index (χ2n) is 14.4. The minimum absolute atomic E-state index is 0.0481. The Morgan fingerprint density at radius 3 is 1.52 bits per heavy atom. The van der Waals surface area contributed by atoms with Gasteiger partial charge in [0.2, 0.25) is 23.6 Å². The van der Waals surface area contributed by atoms with Crippen molar-refractivity contribution in [1.29, 1.82) is 0 Å². The van der Waals surface area contributed by atoms with Crippen LogP contribution in [0, 0.1) is 29.6 Å². The predicted octanol–water partition coefficient (Wildman–Crippen LogP) is 9.24. The number of hydrogen-bond donors (Lipinski definition) is 1. The van der Waals surface area contributed by atoms with Gasteiger partial charge in [-0.2, -0.15) is 52.7 Å². The van der Waals surface area contributed by atoms with Crippen molar-refractivity contribution in [2.75, 3.05) is 9.80 Å². The lowest BCUT2D eigenvalue weighted by Gasteiger charge is -2.44. The molecular weight excluding hydrogens is 804 g/mol. The minimum atomic E-state index is -5.37. The van der Waals surface area contributed by atoms with E-state index in [0.717, 1.165) is 0 Å². The third-order valence-electron chi connectivity index (χ3n) is 11.2. The van der Waals surface area contributed by atoms with E-state index in [9.17, 15) is 77.0 Å². The van der Waals surface area contributed by atoms with Crippen LogP contribution in [0.1, 0.15) is 52.1 Å². The summed E-state index contributed by atoms with van der Waals surface area (Å²) in [5.41, 5.74) is -9.10. The van der Waals surface area contributed by atoms with Crippen molar-refractivity contribution in [1.82, 2.24) is 0 Å². The van der Waals surface area contributed by atoms with Crippen molar-refractivity contribution in [3.63, 3.8) is 0 Å². The molecule has 0 bridgehead atoms. The fourth-order valence-corrected chi connectivity index (χ4v) is 8.76. The largest absolute Gasteiger partial charge is 0.507 e. The third kappa shape index (κ3) is 6.60. The highest BCUT2D eigenvalue weighted by molar-refractivity contribution is 6.24. The first kappa shape index (κ1) is 40.6. The topological polar surface area (TPSA) is 95.0 Å². The fourth-order valence-electron chi connectivity index (χ4n) is 8.76. The molecule has 7 rings (SSSR count). The second kappa shape index (κ2) is 13.5. The van der Waals surface area contributed by atoms with Crippen molar-refractivity contribution in [2.24, 2.45) is 29.6 Å². The summed E-state index contributed by atoms with van der Waals surface area (Å²) in [4.78, 5) is 57.0. The number of aromatic hydroxyl groups is 1. The first-order chi connectivity index (χ1) is 26.8. The van der Waals surface area contributed by atoms with Gasteiger partial charge >= 0.3 is 24.7 Å². The zero-order valence-electron chi connectivity index (χ0n) is 29.2. The summed E-state index contributed by atoms with van der Waals surface area (Å²) in [5, 5.41) is 11.5. The maximum atomic E-state index is 14.4. The average Bonchev–Trinajstić information content (AvgIpc) is 3.53. The number of fused-ring (bicyclic) bond motifs is 4. The molecule has 3 aromatic carbocycles. The number of phenols is 1. The van der Waals surface area contributed by atoms with Crippen LogP contribution in [0.4, 0.5) is 64.1 Å². The number of imide groups is 2. The van der Waals surface area contributed by atoms with Crippen LogP contribution in [0.2, 0.25) is 0 Å². The number of anilines is 2. The molecule has 58 heavy (non-hydrogen) atoms. The molecule has 3 aromatic rings. The summed E-state index contributed by atoms with van der Waals surface area (Å²) < 4.78 is 166. The molecule has 2 heterocycles. The van der Waals surface area contributed by atoms with Crippen molar-refractivity contribution in [3.8, 4) is 5.75 Å². The molecule has 6 atom stereocenters. The van der Waals surface area contributed by atoms with Gasteiger partial charge in [-0.1, -0.05) is 35.9 Å². The lowest BCUT2D eigenvalue weighted by Crippen LogP contribution is -2.43. The Labute approximate surface area is 319 Å². The summed E-state index contributed by atoms with van der Waals surface area (Å²) in [6.07, 6.45) is -19.5. The van der Waals surface area contributed by atoms with Gasteiger partial charge in [0.05, 0.1) is 57.3 Å². The molecule has 3 fully saturated rings. The van der Waals surface area contributed by atoms with Gasteiger partial charge in [0.25, 0.3) is 0 Å². The summed E-state index contributed by atoms with van der Waals surface area (Å²) in [6.45, 7) is 3.61. The molecule has 0 aromatic heterocycles. The molecule has 2 aliphatic heterocycles. The summed E-state index contributed by atoms with van der Waals surface area (Å²) in [5.74, 6) is -14.3. The number of hydrogen-bond acceptors (Lipinski definition) is 5. The predicted molar refractivity (Wildman–Crippen MR) is 177 cm³/mol. The molecule has 2 saturated heterocycles. The number of rotatable bonds is 5. The van der Waals surface area contributed by atoms with Gasteiger partial charge in [-0.25, -0.2) is 9.80 Å². The smallest absolute Gasteiger partial charge is 0.416 e. The van der Waals surface area contributed by atoms with E-state index in [1.807, 2.05) is 0 Å². The first-order valence-electron chi connectivity index (χ1n) is 17.3. The molecule has 1 saturated carbocycles. The first-order valence-corrected chi connectivity index (χ1v) is 17.3. The Bertz CT molecular complexity index is 2240. The summed E-state index contributed by atoms with van der Waals surface area (Å²) >= 11 is 0. The molecule has 4 amide bonds. The molecule has 7 nitrogen and oxygen atoms in total. The molecule has 0 radical (unpaired) electrons. The van der Waals surface area contributed by atoms with Crippen LogP contribution in [0.25, 0.3) is 0 Å². The average molecular weight is 831 g/mol. The standard InChI is InChI=1S/C39H26F12N2O5/c1-2-4-16-5-3-6-24(31(16)54)28-23-7-8-25-29(34(57)52(32(25)55)21-11-17(36(40,41)42)9-18(12-21)37(43,44)45)26(23)15-27-30(28)35(58)53(33(27)56)22-13-19(38(46,47)48)10-20(14-22)39(49,50)51/h2-3,5-7,9-14,25-30,54H,1,4,8,15H2. The van der Waals surface area contributed by atoms with E-state index < -0.39 is 130 Å². The van der Waals surface area contributed by atoms with E-state index in [0.29, 0.717) is 0 Å². The molecule has 0 spiro atoms. The molecule has 4 aliphatic rings. The highest BCUT2D eigenvalue weighted by Crippen LogP contribution is 2.60. The van der Waals surface area contributed by atoms with Gasteiger partial charge in [-0.3, -0.25) is 19.2 Å². The van der Waals surface area contributed by atoms with Gasteiger partial charge in [0, 0.05) is 11.5 Å². The van der Waals surface area contributed by atoms with Crippen LogP contribution in [0.3, 0.4) is 0 Å². The summed E-state index contributed by atoms with van der Waals surface area (Å²) in [6, 6.07) is 4.60. The Kier molecular flexibility index (Phi) is 9.43. The highest BCUT2D eigenvalue weighted by Gasteiger charge is 2.63. The Morgan fingerprint density at radius 2 is 1.07 bits per heavy atom. The number of benzene rings is 3. The Balaban J connectivity index is 1.37. The normalized spacial score (nSPS) is 25.1. The molecule has 1 N–H and O–H groups in total.